The minimum atomic E-state index is 0.0582. The van der Waals surface area contributed by atoms with Crippen LogP contribution in [0.25, 0.3) is 0 Å². The van der Waals surface area contributed by atoms with Crippen molar-refractivity contribution in [1.82, 2.24) is 10.2 Å². The van der Waals surface area contributed by atoms with E-state index >= 15 is 0 Å². The first kappa shape index (κ1) is 17.8. The summed E-state index contributed by atoms with van der Waals surface area (Å²) in [7, 11) is 2.00. The molecule has 1 saturated heterocycles. The summed E-state index contributed by atoms with van der Waals surface area (Å²) in [5.41, 5.74) is 0.822. The van der Waals surface area contributed by atoms with Crippen molar-refractivity contribution in [3.05, 3.63) is 24.3 Å². The van der Waals surface area contributed by atoms with Gasteiger partial charge in [0.1, 0.15) is 5.75 Å². The maximum absolute atomic E-state index is 12.2. The van der Waals surface area contributed by atoms with Crippen LogP contribution < -0.4 is 15.4 Å². The summed E-state index contributed by atoms with van der Waals surface area (Å²) in [5, 5.41) is 6.17. The van der Waals surface area contributed by atoms with Gasteiger partial charge < -0.3 is 15.4 Å². The van der Waals surface area contributed by atoms with Gasteiger partial charge in [-0.3, -0.25) is 9.69 Å². The topological polar surface area (TPSA) is 53.6 Å². The Hall–Kier alpha value is -1.59. The molecule has 23 heavy (non-hydrogen) atoms. The van der Waals surface area contributed by atoms with Crippen LogP contribution >= 0.6 is 0 Å². The molecule has 0 aliphatic carbocycles. The van der Waals surface area contributed by atoms with E-state index in [4.69, 9.17) is 4.74 Å². The first-order valence-corrected chi connectivity index (χ1v) is 8.61. The summed E-state index contributed by atoms with van der Waals surface area (Å²) in [6.07, 6.45) is 3.62. The predicted molar refractivity (Wildman–Crippen MR) is 93.9 cm³/mol. The van der Waals surface area contributed by atoms with Crippen molar-refractivity contribution >= 4 is 11.6 Å². The molecule has 0 atom stereocenters. The van der Waals surface area contributed by atoms with Gasteiger partial charge in [-0.15, -0.1) is 0 Å². The van der Waals surface area contributed by atoms with E-state index in [0.717, 1.165) is 37.0 Å². The Morgan fingerprint density at radius 3 is 2.57 bits per heavy atom. The molecule has 0 bridgehead atoms. The van der Waals surface area contributed by atoms with E-state index in [1.165, 1.54) is 19.3 Å². The molecule has 1 aliphatic heterocycles. The van der Waals surface area contributed by atoms with Crippen molar-refractivity contribution in [2.24, 2.45) is 5.92 Å². The minimum Gasteiger partial charge on any atom is -0.494 e. The molecule has 2 rings (SSSR count). The minimum absolute atomic E-state index is 0.0582. The number of ether oxygens (including phenoxy) is 1. The zero-order chi connectivity index (χ0) is 16.5. The van der Waals surface area contributed by atoms with Crippen LogP contribution in [0, 0.1) is 5.92 Å². The highest BCUT2D eigenvalue weighted by Gasteiger charge is 2.20. The van der Waals surface area contributed by atoms with Gasteiger partial charge in [-0.05, 0) is 83.1 Å². The standard InChI is InChI=1S/C18H29N3O2/c1-3-23-17-6-4-16(5-7-17)20-18(22)14-21-12-9-15(10-13-21)8-11-19-2/h4-7,15,19H,3,8-14H2,1-2H3,(H,20,22). The second-order valence-corrected chi connectivity index (χ2v) is 6.12. The molecule has 1 fully saturated rings. The SMILES string of the molecule is CCOc1ccc(NC(=O)CN2CCC(CCNC)CC2)cc1. The number of rotatable bonds is 8. The summed E-state index contributed by atoms with van der Waals surface area (Å²) in [6.45, 7) is 6.21. The van der Waals surface area contributed by atoms with Crippen molar-refractivity contribution < 1.29 is 9.53 Å². The fraction of sp³-hybridized carbons (Fsp3) is 0.611. The average Bonchev–Trinajstić information content (AvgIpc) is 2.56. The molecule has 1 aromatic rings. The number of carbonyl (C=O) groups is 1. The molecule has 0 unspecified atom stereocenters. The van der Waals surface area contributed by atoms with Crippen LogP contribution in [0.3, 0.4) is 0 Å². The van der Waals surface area contributed by atoms with Crippen molar-refractivity contribution in [2.45, 2.75) is 26.2 Å². The van der Waals surface area contributed by atoms with Crippen LogP contribution in [-0.2, 0) is 4.79 Å². The lowest BCUT2D eigenvalue weighted by Gasteiger charge is -2.31. The molecule has 1 heterocycles. The van der Waals surface area contributed by atoms with Gasteiger partial charge in [0.2, 0.25) is 5.91 Å². The zero-order valence-electron chi connectivity index (χ0n) is 14.3. The Bertz CT molecular complexity index is 468. The Labute approximate surface area is 139 Å². The number of likely N-dealkylation sites (tertiary alicyclic amines) is 1. The van der Waals surface area contributed by atoms with E-state index in [1.807, 2.05) is 38.2 Å². The first-order chi connectivity index (χ1) is 11.2. The fourth-order valence-corrected chi connectivity index (χ4v) is 2.99. The summed E-state index contributed by atoms with van der Waals surface area (Å²) >= 11 is 0. The van der Waals surface area contributed by atoms with Crippen LogP contribution in [0.1, 0.15) is 26.2 Å². The molecular weight excluding hydrogens is 290 g/mol. The maximum atomic E-state index is 12.2. The first-order valence-electron chi connectivity index (χ1n) is 8.61. The molecule has 1 aromatic carbocycles. The summed E-state index contributed by atoms with van der Waals surface area (Å²) in [5.74, 6) is 1.69. The smallest absolute Gasteiger partial charge is 0.238 e. The van der Waals surface area contributed by atoms with Gasteiger partial charge in [0.15, 0.2) is 0 Å². The molecule has 0 radical (unpaired) electrons. The summed E-state index contributed by atoms with van der Waals surface area (Å²) in [4.78, 5) is 14.4. The maximum Gasteiger partial charge on any atom is 0.238 e. The third kappa shape index (κ3) is 6.20. The molecule has 0 aromatic heterocycles. The van der Waals surface area contributed by atoms with Crippen LogP contribution in [0.15, 0.2) is 24.3 Å². The highest BCUT2D eigenvalue weighted by Crippen LogP contribution is 2.20. The normalized spacial score (nSPS) is 16.3. The van der Waals surface area contributed by atoms with E-state index in [2.05, 4.69) is 15.5 Å². The molecular formula is C18H29N3O2. The van der Waals surface area contributed by atoms with Crippen LogP contribution in [-0.4, -0.2) is 50.6 Å². The van der Waals surface area contributed by atoms with Crippen molar-refractivity contribution in [1.29, 1.82) is 0 Å². The van der Waals surface area contributed by atoms with Gasteiger partial charge >= 0.3 is 0 Å². The van der Waals surface area contributed by atoms with Crippen molar-refractivity contribution in [2.75, 3.05) is 45.2 Å². The van der Waals surface area contributed by atoms with Crippen LogP contribution in [0.2, 0.25) is 0 Å². The number of amides is 1. The lowest BCUT2D eigenvalue weighted by Crippen LogP contribution is -2.39. The fourth-order valence-electron chi connectivity index (χ4n) is 2.99. The number of carbonyl (C=O) groups excluding carboxylic acids is 1. The largest absolute Gasteiger partial charge is 0.494 e. The van der Waals surface area contributed by atoms with Gasteiger partial charge in [0.25, 0.3) is 0 Å². The molecule has 0 saturated carbocycles. The van der Waals surface area contributed by atoms with Crippen molar-refractivity contribution in [3.8, 4) is 5.75 Å². The number of hydrogen-bond acceptors (Lipinski definition) is 4. The number of nitrogens with zero attached hydrogens (tertiary/aromatic N) is 1. The quantitative estimate of drug-likeness (QED) is 0.772. The Kier molecular flexibility index (Phi) is 7.36. The third-order valence-corrected chi connectivity index (χ3v) is 4.33. The zero-order valence-corrected chi connectivity index (χ0v) is 14.3. The Balaban J connectivity index is 1.71. The van der Waals surface area contributed by atoms with E-state index in [1.54, 1.807) is 0 Å². The van der Waals surface area contributed by atoms with E-state index in [-0.39, 0.29) is 5.91 Å². The highest BCUT2D eigenvalue weighted by molar-refractivity contribution is 5.92. The monoisotopic (exact) mass is 319 g/mol. The van der Waals surface area contributed by atoms with Gasteiger partial charge in [0, 0.05) is 5.69 Å². The van der Waals surface area contributed by atoms with Gasteiger partial charge in [-0.2, -0.15) is 0 Å². The lowest BCUT2D eigenvalue weighted by atomic mass is 9.93. The Morgan fingerprint density at radius 1 is 1.26 bits per heavy atom. The molecule has 0 spiro atoms. The number of hydrogen-bond donors (Lipinski definition) is 2. The molecule has 5 heteroatoms. The number of anilines is 1. The van der Waals surface area contributed by atoms with E-state index < -0.39 is 0 Å². The van der Waals surface area contributed by atoms with Gasteiger partial charge in [-0.25, -0.2) is 0 Å². The van der Waals surface area contributed by atoms with E-state index in [9.17, 15) is 4.79 Å². The predicted octanol–water partition coefficient (Wildman–Crippen LogP) is 2.35. The molecule has 1 aliphatic rings. The number of benzene rings is 1. The number of nitrogens with one attached hydrogen (secondary N) is 2. The van der Waals surface area contributed by atoms with E-state index in [0.29, 0.717) is 13.2 Å². The summed E-state index contributed by atoms with van der Waals surface area (Å²) in [6, 6.07) is 7.53. The van der Waals surface area contributed by atoms with Crippen LogP contribution in [0.5, 0.6) is 5.75 Å². The van der Waals surface area contributed by atoms with Crippen molar-refractivity contribution in [3.63, 3.8) is 0 Å². The molecule has 1 amide bonds. The molecule has 5 nitrogen and oxygen atoms in total. The summed E-state index contributed by atoms with van der Waals surface area (Å²) < 4.78 is 5.40. The second kappa shape index (κ2) is 9.53. The van der Waals surface area contributed by atoms with Crippen LogP contribution in [0.4, 0.5) is 5.69 Å². The molecule has 128 valence electrons. The highest BCUT2D eigenvalue weighted by atomic mass is 16.5. The lowest BCUT2D eigenvalue weighted by molar-refractivity contribution is -0.117. The third-order valence-electron chi connectivity index (χ3n) is 4.33. The average molecular weight is 319 g/mol. The van der Waals surface area contributed by atoms with Gasteiger partial charge in [-0.1, -0.05) is 0 Å². The molecule has 2 N–H and O–H groups in total. The second-order valence-electron chi connectivity index (χ2n) is 6.12. The Morgan fingerprint density at radius 2 is 1.96 bits per heavy atom. The van der Waals surface area contributed by atoms with Gasteiger partial charge in [0.05, 0.1) is 13.2 Å². The number of piperidine rings is 1.